The van der Waals surface area contributed by atoms with Crippen molar-refractivity contribution in [2.45, 2.75) is 62.7 Å². The summed E-state index contributed by atoms with van der Waals surface area (Å²) in [6.45, 7) is 0.193. The van der Waals surface area contributed by atoms with E-state index in [9.17, 15) is 33.9 Å². The predicted molar refractivity (Wildman–Crippen MR) is 125 cm³/mol. The summed E-state index contributed by atoms with van der Waals surface area (Å²) in [4.78, 5) is 73.6. The van der Waals surface area contributed by atoms with Gasteiger partial charge in [-0.1, -0.05) is 30.3 Å². The number of nitrogens with two attached hydrogens (primary N) is 2. The first-order valence-electron chi connectivity index (χ1n) is 11.4. The third kappa shape index (κ3) is 8.34. The minimum absolute atomic E-state index is 0.0793. The monoisotopic (exact) mass is 505 g/mol. The van der Waals surface area contributed by atoms with Crippen molar-refractivity contribution in [2.24, 2.45) is 11.5 Å². The fourth-order valence-corrected chi connectivity index (χ4v) is 3.93. The molecule has 4 unspecified atom stereocenters. The number of nitrogens with one attached hydrogen (secondary N) is 2. The summed E-state index contributed by atoms with van der Waals surface area (Å²) >= 11 is 0. The maximum Gasteiger partial charge on any atom is 0.326 e. The van der Waals surface area contributed by atoms with E-state index in [0.29, 0.717) is 6.42 Å². The first kappa shape index (κ1) is 28.2. The van der Waals surface area contributed by atoms with Crippen LogP contribution < -0.4 is 22.1 Å². The highest BCUT2D eigenvalue weighted by atomic mass is 16.4. The molecule has 4 amide bonds. The summed E-state index contributed by atoms with van der Waals surface area (Å²) in [6.07, 6.45) is -0.390. The van der Waals surface area contributed by atoms with Gasteiger partial charge in [0.15, 0.2) is 0 Å². The summed E-state index contributed by atoms with van der Waals surface area (Å²) in [5.41, 5.74) is 11.5. The van der Waals surface area contributed by atoms with Crippen LogP contribution in [0.1, 0.15) is 37.7 Å². The Morgan fingerprint density at radius 2 is 1.69 bits per heavy atom. The van der Waals surface area contributed by atoms with Crippen LogP contribution in [0.4, 0.5) is 0 Å². The zero-order valence-electron chi connectivity index (χ0n) is 19.6. The molecule has 1 aliphatic rings. The van der Waals surface area contributed by atoms with Crippen LogP contribution in [-0.4, -0.2) is 81.4 Å². The number of aliphatic carboxylic acids is 2. The Labute approximate surface area is 207 Å². The molecule has 0 radical (unpaired) electrons. The standard InChI is InChI=1S/C23H31N5O8/c24-14(12-18(25)29)20(32)27-16(11-13-5-2-1-3-6-13)22(34)28-10-4-7-17(28)21(33)26-15(23(35)36)8-9-19(30)31/h1-3,5-6,14-17H,4,7-12,24H2,(H2,25,29)(H,26,33)(H,27,32)(H,30,31)(H,35,36). The van der Waals surface area contributed by atoms with Gasteiger partial charge in [0, 0.05) is 19.4 Å². The van der Waals surface area contributed by atoms with Crippen LogP contribution in [0.15, 0.2) is 30.3 Å². The Balaban J connectivity index is 2.19. The Morgan fingerprint density at radius 3 is 2.28 bits per heavy atom. The Kier molecular flexibility index (Phi) is 10.3. The fourth-order valence-electron chi connectivity index (χ4n) is 3.93. The molecular weight excluding hydrogens is 474 g/mol. The highest BCUT2D eigenvalue weighted by Gasteiger charge is 2.39. The van der Waals surface area contributed by atoms with Gasteiger partial charge in [-0.2, -0.15) is 0 Å². The van der Waals surface area contributed by atoms with E-state index in [1.807, 2.05) is 0 Å². The van der Waals surface area contributed by atoms with E-state index in [1.165, 1.54) is 4.90 Å². The maximum atomic E-state index is 13.5. The lowest BCUT2D eigenvalue weighted by molar-refractivity contribution is -0.145. The van der Waals surface area contributed by atoms with E-state index < -0.39 is 72.6 Å². The third-order valence-corrected chi connectivity index (χ3v) is 5.76. The first-order chi connectivity index (χ1) is 17.0. The van der Waals surface area contributed by atoms with Gasteiger partial charge < -0.3 is 37.2 Å². The summed E-state index contributed by atoms with van der Waals surface area (Å²) < 4.78 is 0. The second-order valence-corrected chi connectivity index (χ2v) is 8.55. The van der Waals surface area contributed by atoms with Crippen LogP contribution in [0.25, 0.3) is 0 Å². The number of carbonyl (C=O) groups is 6. The molecule has 0 saturated carbocycles. The quantitative estimate of drug-likeness (QED) is 0.180. The zero-order valence-corrected chi connectivity index (χ0v) is 19.6. The molecule has 13 nitrogen and oxygen atoms in total. The van der Waals surface area contributed by atoms with Gasteiger partial charge in [0.05, 0.1) is 12.5 Å². The molecule has 36 heavy (non-hydrogen) atoms. The molecule has 0 bridgehead atoms. The third-order valence-electron chi connectivity index (χ3n) is 5.76. The van der Waals surface area contributed by atoms with Crippen LogP contribution in [0, 0.1) is 0 Å². The van der Waals surface area contributed by atoms with Gasteiger partial charge in [0.1, 0.15) is 18.1 Å². The average molecular weight is 506 g/mol. The molecule has 1 aliphatic heterocycles. The van der Waals surface area contributed by atoms with Gasteiger partial charge in [-0.3, -0.25) is 24.0 Å². The van der Waals surface area contributed by atoms with E-state index in [1.54, 1.807) is 30.3 Å². The predicted octanol–water partition coefficient (Wildman–Crippen LogP) is -1.66. The van der Waals surface area contributed by atoms with Crippen molar-refractivity contribution in [1.82, 2.24) is 15.5 Å². The lowest BCUT2D eigenvalue weighted by Gasteiger charge is -2.30. The van der Waals surface area contributed by atoms with E-state index in [2.05, 4.69) is 10.6 Å². The molecule has 13 heteroatoms. The number of hydrogen-bond donors (Lipinski definition) is 6. The number of nitrogens with zero attached hydrogens (tertiary/aromatic N) is 1. The second-order valence-electron chi connectivity index (χ2n) is 8.55. The molecule has 1 aromatic carbocycles. The fraction of sp³-hybridized carbons (Fsp3) is 0.478. The van der Waals surface area contributed by atoms with Crippen molar-refractivity contribution >= 4 is 35.6 Å². The van der Waals surface area contributed by atoms with Gasteiger partial charge in [-0.15, -0.1) is 0 Å². The summed E-state index contributed by atoms with van der Waals surface area (Å²) in [6, 6.07) is 3.99. The lowest BCUT2D eigenvalue weighted by atomic mass is 10.0. The molecular formula is C23H31N5O8. The SMILES string of the molecule is NC(=O)CC(N)C(=O)NC(Cc1ccccc1)C(=O)N1CCCC1C(=O)NC(CCC(=O)O)C(=O)O. The van der Waals surface area contributed by atoms with Gasteiger partial charge in [0.25, 0.3) is 0 Å². The Hall–Kier alpha value is -4.00. The molecule has 0 aromatic heterocycles. The van der Waals surface area contributed by atoms with Gasteiger partial charge in [-0.05, 0) is 24.8 Å². The number of carboxylic acids is 2. The van der Waals surface area contributed by atoms with Crippen molar-refractivity contribution in [3.8, 4) is 0 Å². The number of primary amides is 1. The maximum absolute atomic E-state index is 13.5. The minimum Gasteiger partial charge on any atom is -0.481 e. The number of rotatable bonds is 13. The molecule has 196 valence electrons. The van der Waals surface area contributed by atoms with Crippen molar-refractivity contribution < 1.29 is 39.0 Å². The van der Waals surface area contributed by atoms with Crippen molar-refractivity contribution in [3.63, 3.8) is 0 Å². The van der Waals surface area contributed by atoms with E-state index in [0.717, 1.165) is 5.56 Å². The van der Waals surface area contributed by atoms with Crippen LogP contribution >= 0.6 is 0 Å². The number of likely N-dealkylation sites (tertiary alicyclic amines) is 1. The molecule has 1 fully saturated rings. The van der Waals surface area contributed by atoms with E-state index in [4.69, 9.17) is 16.6 Å². The molecule has 0 spiro atoms. The van der Waals surface area contributed by atoms with Gasteiger partial charge in [-0.25, -0.2) is 4.79 Å². The smallest absolute Gasteiger partial charge is 0.326 e. The first-order valence-corrected chi connectivity index (χ1v) is 11.4. The largest absolute Gasteiger partial charge is 0.481 e. The van der Waals surface area contributed by atoms with Gasteiger partial charge >= 0.3 is 11.9 Å². The normalized spacial score (nSPS) is 17.5. The Bertz CT molecular complexity index is 986. The number of hydrogen-bond acceptors (Lipinski definition) is 7. The summed E-state index contributed by atoms with van der Waals surface area (Å²) in [5.74, 6) is -5.44. The molecule has 8 N–H and O–H groups in total. The number of carboxylic acid groups (broad SMARTS) is 2. The second kappa shape index (κ2) is 13.2. The number of carbonyl (C=O) groups excluding carboxylic acids is 4. The summed E-state index contributed by atoms with van der Waals surface area (Å²) in [5, 5.41) is 23.0. The van der Waals surface area contributed by atoms with E-state index >= 15 is 0 Å². The van der Waals surface area contributed by atoms with Crippen molar-refractivity contribution in [3.05, 3.63) is 35.9 Å². The molecule has 2 rings (SSSR count). The lowest BCUT2D eigenvalue weighted by Crippen LogP contribution is -2.57. The number of benzene rings is 1. The van der Waals surface area contributed by atoms with E-state index in [-0.39, 0.29) is 25.8 Å². The molecule has 1 saturated heterocycles. The Morgan fingerprint density at radius 1 is 1.03 bits per heavy atom. The molecule has 1 aromatic rings. The van der Waals surface area contributed by atoms with Crippen LogP contribution in [0.5, 0.6) is 0 Å². The highest BCUT2D eigenvalue weighted by Crippen LogP contribution is 2.20. The van der Waals surface area contributed by atoms with Crippen molar-refractivity contribution in [2.75, 3.05) is 6.54 Å². The van der Waals surface area contributed by atoms with Gasteiger partial charge in [0.2, 0.25) is 23.6 Å². The number of amides is 4. The topological polar surface area (TPSA) is 222 Å². The van der Waals surface area contributed by atoms with Crippen LogP contribution in [-0.2, 0) is 35.2 Å². The van der Waals surface area contributed by atoms with Crippen molar-refractivity contribution in [1.29, 1.82) is 0 Å². The molecule has 1 heterocycles. The van der Waals surface area contributed by atoms with Crippen LogP contribution in [0.3, 0.4) is 0 Å². The molecule has 0 aliphatic carbocycles. The average Bonchev–Trinajstić information content (AvgIpc) is 3.30. The van der Waals surface area contributed by atoms with Crippen LogP contribution in [0.2, 0.25) is 0 Å². The zero-order chi connectivity index (χ0) is 26.8. The summed E-state index contributed by atoms with van der Waals surface area (Å²) in [7, 11) is 0. The molecule has 4 atom stereocenters. The highest BCUT2D eigenvalue weighted by molar-refractivity contribution is 5.95. The minimum atomic E-state index is -1.43.